The third kappa shape index (κ3) is 2.80. The fourth-order valence-electron chi connectivity index (χ4n) is 1.57. The largest absolute Gasteiger partial charge is 0.394 e. The highest BCUT2D eigenvalue weighted by molar-refractivity contribution is 7.80. The molecular weight excluding hydrogens is 232 g/mol. The second kappa shape index (κ2) is 5.74. The van der Waals surface area contributed by atoms with E-state index in [9.17, 15) is 20.4 Å². The molecule has 0 fully saturated rings. The molecule has 0 saturated heterocycles. The van der Waals surface area contributed by atoms with Gasteiger partial charge in [-0.25, -0.2) is 0 Å². The van der Waals surface area contributed by atoms with Gasteiger partial charge in [0.1, 0.15) is 0 Å². The third-order valence-electron chi connectivity index (χ3n) is 2.66. The second-order valence-electron chi connectivity index (χ2n) is 4.30. The standard InChI is InChI=1S/C9H20N2O4S/c1-8(3-12,4-13)11(7(10)16)9(2,5-14)6-15/h12-15H,3-6H2,1-2H3,(H2,10,16). The Bertz CT molecular complexity index is 224. The van der Waals surface area contributed by atoms with E-state index in [4.69, 9.17) is 18.0 Å². The lowest BCUT2D eigenvalue weighted by Gasteiger charge is -2.49. The topological polar surface area (TPSA) is 110 Å². The third-order valence-corrected chi connectivity index (χ3v) is 2.85. The van der Waals surface area contributed by atoms with Crippen molar-refractivity contribution in [1.29, 1.82) is 0 Å². The summed E-state index contributed by atoms with van der Waals surface area (Å²) >= 11 is 4.84. The van der Waals surface area contributed by atoms with Gasteiger partial charge in [0, 0.05) is 0 Å². The first-order valence-corrected chi connectivity index (χ1v) is 5.25. The van der Waals surface area contributed by atoms with E-state index >= 15 is 0 Å². The smallest absolute Gasteiger partial charge is 0.167 e. The maximum Gasteiger partial charge on any atom is 0.167 e. The predicted octanol–water partition coefficient (Wildman–Crippen LogP) is -1.98. The van der Waals surface area contributed by atoms with Crippen LogP contribution < -0.4 is 5.73 Å². The Balaban J connectivity index is 5.38. The van der Waals surface area contributed by atoms with Crippen LogP contribution >= 0.6 is 12.2 Å². The lowest BCUT2D eigenvalue weighted by molar-refractivity contribution is -0.0529. The van der Waals surface area contributed by atoms with Crippen LogP contribution in [0.3, 0.4) is 0 Å². The lowest BCUT2D eigenvalue weighted by atomic mass is 9.93. The van der Waals surface area contributed by atoms with Crippen molar-refractivity contribution in [3.63, 3.8) is 0 Å². The minimum atomic E-state index is -1.13. The molecule has 0 aliphatic rings. The summed E-state index contributed by atoms with van der Waals surface area (Å²) in [6.07, 6.45) is 0. The fraction of sp³-hybridized carbons (Fsp3) is 0.889. The van der Waals surface area contributed by atoms with Gasteiger partial charge < -0.3 is 31.1 Å². The molecule has 0 aromatic heterocycles. The minimum absolute atomic E-state index is 0.101. The summed E-state index contributed by atoms with van der Waals surface area (Å²) in [5.41, 5.74) is 3.26. The van der Waals surface area contributed by atoms with Crippen molar-refractivity contribution in [3.05, 3.63) is 0 Å². The number of aliphatic hydroxyl groups excluding tert-OH is 4. The number of thiocarbonyl (C=S) groups is 1. The summed E-state index contributed by atoms with van der Waals surface area (Å²) in [6, 6.07) is 0. The Hall–Kier alpha value is -0.470. The number of hydrogen-bond acceptors (Lipinski definition) is 5. The second-order valence-corrected chi connectivity index (χ2v) is 4.72. The van der Waals surface area contributed by atoms with Crippen LogP contribution in [0.1, 0.15) is 13.8 Å². The summed E-state index contributed by atoms with van der Waals surface area (Å²) in [5.74, 6) is 0. The van der Waals surface area contributed by atoms with Gasteiger partial charge in [-0.3, -0.25) is 0 Å². The molecule has 0 unspecified atom stereocenters. The number of nitrogens with zero attached hydrogens (tertiary/aromatic N) is 1. The zero-order valence-corrected chi connectivity index (χ0v) is 10.4. The lowest BCUT2D eigenvalue weighted by Crippen LogP contribution is -2.67. The van der Waals surface area contributed by atoms with E-state index in [1.54, 1.807) is 0 Å². The molecule has 6 N–H and O–H groups in total. The van der Waals surface area contributed by atoms with Gasteiger partial charge in [-0.15, -0.1) is 0 Å². The SMILES string of the molecule is CC(CO)(CO)N(C(N)=S)C(C)(CO)CO. The molecule has 0 radical (unpaired) electrons. The molecule has 96 valence electrons. The monoisotopic (exact) mass is 252 g/mol. The zero-order chi connectivity index (χ0) is 13.0. The van der Waals surface area contributed by atoms with Crippen molar-refractivity contribution in [2.75, 3.05) is 26.4 Å². The summed E-state index contributed by atoms with van der Waals surface area (Å²) in [4.78, 5) is 1.27. The normalized spacial score (nSPS) is 12.6. The molecule has 16 heavy (non-hydrogen) atoms. The molecule has 0 aliphatic heterocycles. The van der Waals surface area contributed by atoms with Crippen molar-refractivity contribution in [2.24, 2.45) is 5.73 Å². The van der Waals surface area contributed by atoms with Gasteiger partial charge >= 0.3 is 0 Å². The summed E-state index contributed by atoms with van der Waals surface area (Å²) in [6.45, 7) is 1.45. The summed E-state index contributed by atoms with van der Waals surface area (Å²) in [5, 5.41) is 37.0. The maximum absolute atomic E-state index is 9.28. The molecule has 0 aliphatic carbocycles. The number of rotatable bonds is 6. The van der Waals surface area contributed by atoms with E-state index in [1.165, 1.54) is 18.7 Å². The predicted molar refractivity (Wildman–Crippen MR) is 63.8 cm³/mol. The summed E-state index contributed by atoms with van der Waals surface area (Å²) < 4.78 is 0. The first kappa shape index (κ1) is 15.5. The van der Waals surface area contributed by atoms with Crippen molar-refractivity contribution in [2.45, 2.75) is 24.9 Å². The van der Waals surface area contributed by atoms with Crippen LogP contribution in [0.5, 0.6) is 0 Å². The minimum Gasteiger partial charge on any atom is -0.394 e. The maximum atomic E-state index is 9.28. The first-order valence-electron chi connectivity index (χ1n) is 4.84. The van der Waals surface area contributed by atoms with Crippen LogP contribution in [0.25, 0.3) is 0 Å². The van der Waals surface area contributed by atoms with Crippen LogP contribution in [0.15, 0.2) is 0 Å². The Morgan fingerprint density at radius 2 is 1.25 bits per heavy atom. The number of nitrogens with two attached hydrogens (primary N) is 1. The molecule has 6 nitrogen and oxygen atoms in total. The molecule has 0 atom stereocenters. The van der Waals surface area contributed by atoms with E-state index in [0.717, 1.165) is 0 Å². The van der Waals surface area contributed by atoms with Crippen molar-refractivity contribution >= 4 is 17.3 Å². The number of hydrogen-bond donors (Lipinski definition) is 5. The van der Waals surface area contributed by atoms with Crippen LogP contribution in [0, 0.1) is 0 Å². The van der Waals surface area contributed by atoms with Crippen LogP contribution in [-0.2, 0) is 0 Å². The van der Waals surface area contributed by atoms with Crippen LogP contribution in [0.2, 0.25) is 0 Å². The highest BCUT2D eigenvalue weighted by atomic mass is 32.1. The molecule has 0 amide bonds. The Morgan fingerprint density at radius 1 is 1.00 bits per heavy atom. The molecule has 0 rings (SSSR count). The van der Waals surface area contributed by atoms with E-state index in [-0.39, 0.29) is 5.11 Å². The van der Waals surface area contributed by atoms with Gasteiger partial charge in [0.25, 0.3) is 0 Å². The molecule has 0 heterocycles. The van der Waals surface area contributed by atoms with Gasteiger partial charge in [0.05, 0.1) is 37.5 Å². The molecule has 0 aromatic carbocycles. The average molecular weight is 252 g/mol. The van der Waals surface area contributed by atoms with Gasteiger partial charge in [-0.1, -0.05) is 0 Å². The van der Waals surface area contributed by atoms with Gasteiger partial charge in [0.15, 0.2) is 5.11 Å². The first-order chi connectivity index (χ1) is 7.31. The van der Waals surface area contributed by atoms with Crippen LogP contribution in [-0.4, -0.2) is 67.9 Å². The highest BCUT2D eigenvalue weighted by Crippen LogP contribution is 2.25. The quantitative estimate of drug-likeness (QED) is 0.348. The highest BCUT2D eigenvalue weighted by Gasteiger charge is 2.43. The van der Waals surface area contributed by atoms with Gasteiger partial charge in [0.2, 0.25) is 0 Å². The van der Waals surface area contributed by atoms with E-state index in [0.29, 0.717) is 0 Å². The van der Waals surface area contributed by atoms with Gasteiger partial charge in [-0.05, 0) is 26.1 Å². The van der Waals surface area contributed by atoms with Crippen molar-refractivity contribution in [1.82, 2.24) is 4.90 Å². The molecule has 0 saturated carbocycles. The van der Waals surface area contributed by atoms with Gasteiger partial charge in [-0.2, -0.15) is 0 Å². The molecule has 0 aromatic rings. The van der Waals surface area contributed by atoms with E-state index in [1.807, 2.05) is 0 Å². The average Bonchev–Trinajstić information content (AvgIpc) is 2.28. The van der Waals surface area contributed by atoms with E-state index < -0.39 is 37.5 Å². The van der Waals surface area contributed by atoms with Crippen LogP contribution in [0.4, 0.5) is 0 Å². The van der Waals surface area contributed by atoms with E-state index in [2.05, 4.69) is 0 Å². The molecule has 7 heteroatoms. The Morgan fingerprint density at radius 3 is 1.38 bits per heavy atom. The Kier molecular flexibility index (Phi) is 5.57. The fourth-order valence-corrected chi connectivity index (χ4v) is 2.01. The molecular formula is C9H20N2O4S. The number of aliphatic hydroxyl groups is 4. The summed E-state index contributed by atoms with van der Waals surface area (Å²) in [7, 11) is 0. The van der Waals surface area contributed by atoms with Crippen molar-refractivity contribution in [3.8, 4) is 0 Å². The Labute approximate surface area is 100 Å². The molecule has 0 spiro atoms. The molecule has 0 bridgehead atoms. The van der Waals surface area contributed by atoms with Crippen molar-refractivity contribution < 1.29 is 20.4 Å². The zero-order valence-electron chi connectivity index (χ0n) is 9.55.